The highest BCUT2D eigenvalue weighted by Crippen LogP contribution is 2.40. The van der Waals surface area contributed by atoms with Crippen molar-refractivity contribution in [2.24, 2.45) is 0 Å². The van der Waals surface area contributed by atoms with Crippen molar-refractivity contribution < 1.29 is 29.6 Å². The van der Waals surface area contributed by atoms with E-state index in [1.165, 1.54) is 12.0 Å². The van der Waals surface area contributed by atoms with E-state index in [-0.39, 0.29) is 18.8 Å². The van der Waals surface area contributed by atoms with E-state index in [0.29, 0.717) is 0 Å². The van der Waals surface area contributed by atoms with Gasteiger partial charge in [0.2, 0.25) is 0 Å². The lowest BCUT2D eigenvalue weighted by Gasteiger charge is -2.40. The van der Waals surface area contributed by atoms with Gasteiger partial charge in [-0.25, -0.2) is 0 Å². The van der Waals surface area contributed by atoms with Crippen LogP contribution in [-0.4, -0.2) is 65.5 Å². The number of hydrogen-bond donors (Lipinski definition) is 3. The van der Waals surface area contributed by atoms with E-state index in [9.17, 15) is 14.7 Å². The summed E-state index contributed by atoms with van der Waals surface area (Å²) in [6.07, 6.45) is 4.76. The van der Waals surface area contributed by atoms with Gasteiger partial charge in [0.05, 0.1) is 25.6 Å². The lowest BCUT2D eigenvalue weighted by Crippen LogP contribution is -2.42. The number of likely N-dealkylation sites (N-methyl/N-ethyl adjacent to an activating group) is 1. The van der Waals surface area contributed by atoms with Gasteiger partial charge in [0.25, 0.3) is 0 Å². The number of carbonyl (C=O) groups is 2. The second-order valence-electron chi connectivity index (χ2n) is 7.54. The molecule has 0 saturated heterocycles. The SMILES string of the molecule is COc1ccc(C(CN(C)C)C2(O)CCCCC2)cc1.O=C(O)CCC(=O)O. The van der Waals surface area contributed by atoms with Crippen LogP contribution in [0.25, 0.3) is 0 Å². The normalized spacial score (nSPS) is 16.6. The molecule has 1 unspecified atom stereocenters. The molecule has 1 aliphatic rings. The molecule has 28 heavy (non-hydrogen) atoms. The number of aliphatic carboxylic acids is 2. The first-order valence-electron chi connectivity index (χ1n) is 9.62. The maximum Gasteiger partial charge on any atom is 0.303 e. The molecule has 158 valence electrons. The first kappa shape index (κ1) is 23.9. The van der Waals surface area contributed by atoms with Gasteiger partial charge in [-0.3, -0.25) is 9.59 Å². The molecule has 0 radical (unpaired) electrons. The highest BCUT2D eigenvalue weighted by molar-refractivity contribution is 5.75. The van der Waals surface area contributed by atoms with Gasteiger partial charge in [0.15, 0.2) is 0 Å². The van der Waals surface area contributed by atoms with Crippen LogP contribution >= 0.6 is 0 Å². The predicted octanol–water partition coefficient (Wildman–Crippen LogP) is 2.97. The summed E-state index contributed by atoms with van der Waals surface area (Å²) in [4.78, 5) is 21.4. The van der Waals surface area contributed by atoms with Crippen molar-refractivity contribution in [3.63, 3.8) is 0 Å². The minimum absolute atomic E-state index is 0.170. The fourth-order valence-corrected chi connectivity index (χ4v) is 3.51. The van der Waals surface area contributed by atoms with Crippen LogP contribution in [0.5, 0.6) is 5.75 Å². The number of carboxylic acids is 2. The minimum atomic E-state index is -1.08. The Labute approximate surface area is 166 Å². The summed E-state index contributed by atoms with van der Waals surface area (Å²) in [5.41, 5.74) is 0.654. The van der Waals surface area contributed by atoms with Crippen molar-refractivity contribution >= 4 is 11.9 Å². The Morgan fingerprint density at radius 3 is 1.93 bits per heavy atom. The lowest BCUT2D eigenvalue weighted by molar-refractivity contribution is -0.143. The molecule has 0 spiro atoms. The van der Waals surface area contributed by atoms with E-state index < -0.39 is 17.5 Å². The average molecular weight is 395 g/mol. The minimum Gasteiger partial charge on any atom is -0.497 e. The first-order valence-corrected chi connectivity index (χ1v) is 9.62. The van der Waals surface area contributed by atoms with Crippen molar-refractivity contribution in [1.29, 1.82) is 0 Å². The molecule has 1 atom stereocenters. The van der Waals surface area contributed by atoms with Crippen molar-refractivity contribution in [2.45, 2.75) is 56.5 Å². The molecule has 1 aromatic carbocycles. The summed E-state index contributed by atoms with van der Waals surface area (Å²) in [6.45, 7) is 0.878. The van der Waals surface area contributed by atoms with E-state index in [4.69, 9.17) is 14.9 Å². The quantitative estimate of drug-likeness (QED) is 0.621. The number of aliphatic hydroxyl groups is 1. The van der Waals surface area contributed by atoms with Crippen LogP contribution in [0.2, 0.25) is 0 Å². The Hall–Kier alpha value is -2.12. The Kier molecular flexibility index (Phi) is 9.96. The van der Waals surface area contributed by atoms with Crippen molar-refractivity contribution in [2.75, 3.05) is 27.7 Å². The van der Waals surface area contributed by atoms with Crippen LogP contribution in [0.1, 0.15) is 56.4 Å². The monoisotopic (exact) mass is 395 g/mol. The second kappa shape index (κ2) is 11.7. The summed E-state index contributed by atoms with van der Waals surface area (Å²) < 4.78 is 5.23. The number of carboxylic acid groups (broad SMARTS) is 2. The summed E-state index contributed by atoms with van der Waals surface area (Å²) in [5.74, 6) is -1.11. The van der Waals surface area contributed by atoms with Gasteiger partial charge < -0.3 is 25.0 Å². The largest absolute Gasteiger partial charge is 0.497 e. The third-order valence-corrected chi connectivity index (χ3v) is 4.99. The summed E-state index contributed by atoms with van der Waals surface area (Å²) in [7, 11) is 5.83. The van der Waals surface area contributed by atoms with Gasteiger partial charge in [-0.1, -0.05) is 31.4 Å². The second-order valence-corrected chi connectivity index (χ2v) is 7.54. The maximum absolute atomic E-state index is 11.1. The number of benzene rings is 1. The zero-order valence-electron chi connectivity index (χ0n) is 17.1. The van der Waals surface area contributed by atoms with Gasteiger partial charge in [0, 0.05) is 12.5 Å². The van der Waals surface area contributed by atoms with Crippen LogP contribution < -0.4 is 4.74 Å². The van der Waals surface area contributed by atoms with Gasteiger partial charge >= 0.3 is 11.9 Å². The summed E-state index contributed by atoms with van der Waals surface area (Å²) in [5, 5.41) is 26.9. The molecule has 2 rings (SSSR count). The van der Waals surface area contributed by atoms with E-state index in [2.05, 4.69) is 31.1 Å². The Balaban J connectivity index is 0.000000416. The molecular weight excluding hydrogens is 362 g/mol. The molecule has 1 saturated carbocycles. The number of nitrogens with zero attached hydrogens (tertiary/aromatic N) is 1. The van der Waals surface area contributed by atoms with E-state index in [1.807, 2.05) is 12.1 Å². The Bertz CT molecular complexity index is 594. The molecular formula is C21H33NO6. The van der Waals surface area contributed by atoms with Crippen LogP contribution in [0.3, 0.4) is 0 Å². The standard InChI is InChI=1S/C17H27NO2.C4H6O4/c1-18(2)13-16(17(19)11-5-4-6-12-17)14-7-9-15(20-3)10-8-14;5-3(6)1-2-4(7)8/h7-10,16,19H,4-6,11-13H2,1-3H3;1-2H2,(H,5,6)(H,7,8). The highest BCUT2D eigenvalue weighted by Gasteiger charge is 2.38. The molecule has 7 nitrogen and oxygen atoms in total. The first-order chi connectivity index (χ1) is 13.2. The van der Waals surface area contributed by atoms with Gasteiger partial charge in [-0.05, 0) is 44.6 Å². The highest BCUT2D eigenvalue weighted by atomic mass is 16.5. The smallest absolute Gasteiger partial charge is 0.303 e. The van der Waals surface area contributed by atoms with Crippen LogP contribution in [0.4, 0.5) is 0 Å². The number of rotatable bonds is 8. The van der Waals surface area contributed by atoms with Gasteiger partial charge in [-0.2, -0.15) is 0 Å². The molecule has 1 aromatic rings. The number of ether oxygens (including phenoxy) is 1. The van der Waals surface area contributed by atoms with E-state index in [1.54, 1.807) is 7.11 Å². The Morgan fingerprint density at radius 2 is 1.54 bits per heavy atom. The summed E-state index contributed by atoms with van der Waals surface area (Å²) in [6, 6.07) is 8.17. The third-order valence-electron chi connectivity index (χ3n) is 4.99. The van der Waals surface area contributed by atoms with Crippen molar-refractivity contribution in [3.8, 4) is 5.75 Å². The van der Waals surface area contributed by atoms with E-state index in [0.717, 1.165) is 38.0 Å². The molecule has 0 bridgehead atoms. The molecule has 0 amide bonds. The summed E-state index contributed by atoms with van der Waals surface area (Å²) >= 11 is 0. The average Bonchev–Trinajstić information content (AvgIpc) is 2.65. The lowest BCUT2D eigenvalue weighted by atomic mass is 9.72. The maximum atomic E-state index is 11.1. The van der Waals surface area contributed by atoms with Crippen molar-refractivity contribution in [1.82, 2.24) is 4.90 Å². The fraction of sp³-hybridized carbons (Fsp3) is 0.619. The van der Waals surface area contributed by atoms with Gasteiger partial charge in [-0.15, -0.1) is 0 Å². The molecule has 0 aliphatic heterocycles. The predicted molar refractivity (Wildman–Crippen MR) is 107 cm³/mol. The number of methoxy groups -OCH3 is 1. The van der Waals surface area contributed by atoms with Gasteiger partial charge in [0.1, 0.15) is 5.75 Å². The molecule has 1 fully saturated rings. The third kappa shape index (κ3) is 8.27. The van der Waals surface area contributed by atoms with E-state index >= 15 is 0 Å². The van der Waals surface area contributed by atoms with Crippen LogP contribution in [0.15, 0.2) is 24.3 Å². The molecule has 3 N–H and O–H groups in total. The molecule has 1 aliphatic carbocycles. The molecule has 7 heteroatoms. The zero-order valence-corrected chi connectivity index (χ0v) is 17.1. The van der Waals surface area contributed by atoms with Crippen molar-refractivity contribution in [3.05, 3.63) is 29.8 Å². The van der Waals surface area contributed by atoms with Crippen LogP contribution in [-0.2, 0) is 9.59 Å². The molecule has 0 aromatic heterocycles. The zero-order chi connectivity index (χ0) is 21.2. The fourth-order valence-electron chi connectivity index (χ4n) is 3.51. The topological polar surface area (TPSA) is 107 Å². The Morgan fingerprint density at radius 1 is 1.04 bits per heavy atom. The van der Waals surface area contributed by atoms with Crippen LogP contribution in [0, 0.1) is 0 Å². The number of hydrogen-bond acceptors (Lipinski definition) is 5. The molecule has 0 heterocycles.